The van der Waals surface area contributed by atoms with Gasteiger partial charge in [0.25, 0.3) is 11.6 Å². The molecule has 1 heterocycles. The Labute approximate surface area is 117 Å². The smallest absolute Gasteiger partial charge is 0.374 e. The number of amides is 1. The second-order valence-corrected chi connectivity index (χ2v) is 3.95. The van der Waals surface area contributed by atoms with E-state index in [-0.39, 0.29) is 17.9 Å². The number of carboxylic acid groups (broad SMARTS) is 1. The minimum atomic E-state index is -1.35. The lowest BCUT2D eigenvalue weighted by Gasteiger charge is -2.03. The molecule has 0 unspecified atom stereocenters. The Morgan fingerprint density at radius 2 is 2.10 bits per heavy atom. The van der Waals surface area contributed by atoms with Crippen molar-refractivity contribution in [1.82, 2.24) is 10.5 Å². The van der Waals surface area contributed by atoms with E-state index in [1.54, 1.807) is 6.07 Å². The van der Waals surface area contributed by atoms with E-state index < -0.39 is 22.6 Å². The van der Waals surface area contributed by atoms with Crippen molar-refractivity contribution in [3.05, 3.63) is 57.5 Å². The second-order valence-electron chi connectivity index (χ2n) is 3.95. The fourth-order valence-corrected chi connectivity index (χ4v) is 1.59. The zero-order chi connectivity index (χ0) is 15.4. The largest absolute Gasteiger partial charge is 0.475 e. The third-order valence-corrected chi connectivity index (χ3v) is 2.58. The minimum absolute atomic E-state index is 0.0920. The van der Waals surface area contributed by atoms with Crippen LogP contribution in [0.5, 0.6) is 0 Å². The molecule has 0 spiro atoms. The molecule has 0 saturated carbocycles. The maximum Gasteiger partial charge on any atom is 0.374 e. The fraction of sp³-hybridized carbons (Fsp3) is 0.0833. The highest BCUT2D eigenvalue weighted by Crippen LogP contribution is 2.17. The van der Waals surface area contributed by atoms with Crippen molar-refractivity contribution < 1.29 is 24.1 Å². The van der Waals surface area contributed by atoms with E-state index >= 15 is 0 Å². The molecule has 0 bridgehead atoms. The monoisotopic (exact) mass is 291 g/mol. The average Bonchev–Trinajstić information content (AvgIpc) is 2.95. The van der Waals surface area contributed by atoms with Crippen LogP contribution in [0.15, 0.2) is 34.9 Å². The van der Waals surface area contributed by atoms with Crippen molar-refractivity contribution in [3.8, 4) is 0 Å². The average molecular weight is 291 g/mol. The fourth-order valence-electron chi connectivity index (χ4n) is 1.59. The molecule has 0 atom stereocenters. The summed E-state index contributed by atoms with van der Waals surface area (Å²) in [4.78, 5) is 32.6. The lowest BCUT2D eigenvalue weighted by atomic mass is 10.2. The summed E-state index contributed by atoms with van der Waals surface area (Å²) in [5.41, 5.74) is -0.0204. The van der Waals surface area contributed by atoms with Crippen LogP contribution in [-0.2, 0) is 6.54 Å². The Bertz CT molecular complexity index is 709. The number of aromatic nitrogens is 1. The maximum absolute atomic E-state index is 11.7. The van der Waals surface area contributed by atoms with Gasteiger partial charge in [-0.3, -0.25) is 14.9 Å². The van der Waals surface area contributed by atoms with Crippen LogP contribution in [0.2, 0.25) is 0 Å². The topological polar surface area (TPSA) is 136 Å². The molecular weight excluding hydrogens is 282 g/mol. The first kappa shape index (κ1) is 14.2. The van der Waals surface area contributed by atoms with Gasteiger partial charge in [-0.05, 0) is 0 Å². The summed E-state index contributed by atoms with van der Waals surface area (Å²) in [7, 11) is 0. The number of aromatic carboxylic acids is 1. The number of rotatable bonds is 5. The molecule has 0 aliphatic heterocycles. The summed E-state index contributed by atoms with van der Waals surface area (Å²) < 4.78 is 4.44. The van der Waals surface area contributed by atoms with Crippen LogP contribution in [0.4, 0.5) is 5.69 Å². The van der Waals surface area contributed by atoms with Gasteiger partial charge in [0.05, 0.1) is 4.92 Å². The Kier molecular flexibility index (Phi) is 3.93. The number of para-hydroxylation sites is 1. The number of carboxylic acids is 1. The van der Waals surface area contributed by atoms with Crippen molar-refractivity contribution in [2.75, 3.05) is 0 Å². The normalized spacial score (nSPS) is 10.1. The summed E-state index contributed by atoms with van der Waals surface area (Å²) in [6, 6.07) is 6.91. The molecule has 9 nitrogen and oxygen atoms in total. The van der Waals surface area contributed by atoms with Gasteiger partial charge in [0.2, 0.25) is 5.76 Å². The number of benzene rings is 1. The first-order valence-corrected chi connectivity index (χ1v) is 5.69. The zero-order valence-corrected chi connectivity index (χ0v) is 10.5. The van der Waals surface area contributed by atoms with Crippen LogP contribution in [0.25, 0.3) is 0 Å². The predicted molar refractivity (Wildman–Crippen MR) is 67.7 cm³/mol. The van der Waals surface area contributed by atoms with Gasteiger partial charge in [-0.25, -0.2) is 4.79 Å². The van der Waals surface area contributed by atoms with Gasteiger partial charge in [0.1, 0.15) is 0 Å². The molecule has 0 radical (unpaired) electrons. The van der Waals surface area contributed by atoms with Gasteiger partial charge >= 0.3 is 5.97 Å². The van der Waals surface area contributed by atoms with Crippen molar-refractivity contribution in [2.45, 2.75) is 6.54 Å². The second kappa shape index (κ2) is 5.82. The molecular formula is C12H9N3O6. The Morgan fingerprint density at radius 1 is 1.38 bits per heavy atom. The van der Waals surface area contributed by atoms with Gasteiger partial charge < -0.3 is 14.9 Å². The van der Waals surface area contributed by atoms with E-state index in [1.807, 2.05) is 0 Å². The third-order valence-electron chi connectivity index (χ3n) is 2.58. The SMILES string of the molecule is O=C(NCc1ccccc1[N+](=O)[O-])c1cc(C(=O)O)on1. The molecule has 2 aromatic rings. The molecule has 2 N–H and O–H groups in total. The molecule has 1 aromatic carbocycles. The summed E-state index contributed by atoms with van der Waals surface area (Å²) >= 11 is 0. The standard InChI is InChI=1S/C12H9N3O6/c16-11(8-5-10(12(17)18)21-14-8)13-6-7-3-1-2-4-9(7)15(19)20/h1-5H,6H2,(H,13,16)(H,17,18). The Balaban J connectivity index is 2.07. The van der Waals surface area contributed by atoms with Crippen molar-refractivity contribution in [2.24, 2.45) is 0 Å². The van der Waals surface area contributed by atoms with Crippen LogP contribution in [0, 0.1) is 10.1 Å². The van der Waals surface area contributed by atoms with Crippen LogP contribution in [0.1, 0.15) is 26.6 Å². The first-order valence-electron chi connectivity index (χ1n) is 5.69. The predicted octanol–water partition coefficient (Wildman–Crippen LogP) is 1.21. The molecule has 21 heavy (non-hydrogen) atoms. The van der Waals surface area contributed by atoms with E-state index in [9.17, 15) is 19.7 Å². The number of carbonyl (C=O) groups excluding carboxylic acids is 1. The number of nitro benzene ring substituents is 1. The highest BCUT2D eigenvalue weighted by Gasteiger charge is 2.18. The molecule has 0 fully saturated rings. The number of hydrogen-bond acceptors (Lipinski definition) is 6. The van der Waals surface area contributed by atoms with E-state index in [1.165, 1.54) is 18.2 Å². The summed E-state index contributed by atoms with van der Waals surface area (Å²) in [6.45, 7) is -0.0920. The minimum Gasteiger partial charge on any atom is -0.475 e. The van der Waals surface area contributed by atoms with Crippen LogP contribution in [0.3, 0.4) is 0 Å². The summed E-state index contributed by atoms with van der Waals surface area (Å²) in [5, 5.41) is 25.2. The van der Waals surface area contributed by atoms with Crippen LogP contribution < -0.4 is 5.32 Å². The number of nitrogens with one attached hydrogen (secondary N) is 1. The lowest BCUT2D eigenvalue weighted by Crippen LogP contribution is -2.23. The van der Waals surface area contributed by atoms with E-state index in [2.05, 4.69) is 15.0 Å². The number of carbonyl (C=O) groups is 2. The first-order chi connectivity index (χ1) is 9.99. The highest BCUT2D eigenvalue weighted by atomic mass is 16.6. The van der Waals surface area contributed by atoms with Crippen molar-refractivity contribution >= 4 is 17.6 Å². The highest BCUT2D eigenvalue weighted by molar-refractivity contribution is 5.94. The van der Waals surface area contributed by atoms with Gasteiger partial charge in [-0.15, -0.1) is 0 Å². The lowest BCUT2D eigenvalue weighted by molar-refractivity contribution is -0.385. The molecule has 108 valence electrons. The molecule has 0 aliphatic rings. The van der Waals surface area contributed by atoms with Gasteiger partial charge in [-0.2, -0.15) is 0 Å². The Hall–Kier alpha value is -3.23. The molecule has 9 heteroatoms. The quantitative estimate of drug-likeness (QED) is 0.624. The molecule has 0 saturated heterocycles. The van der Waals surface area contributed by atoms with E-state index in [4.69, 9.17) is 5.11 Å². The van der Waals surface area contributed by atoms with Crippen molar-refractivity contribution in [1.29, 1.82) is 0 Å². The number of hydrogen-bond donors (Lipinski definition) is 2. The van der Waals surface area contributed by atoms with Gasteiger partial charge in [-0.1, -0.05) is 23.4 Å². The Morgan fingerprint density at radius 3 is 2.71 bits per heavy atom. The van der Waals surface area contributed by atoms with Crippen molar-refractivity contribution in [3.63, 3.8) is 0 Å². The van der Waals surface area contributed by atoms with E-state index in [0.29, 0.717) is 5.56 Å². The third kappa shape index (κ3) is 3.21. The molecule has 0 aliphatic carbocycles. The van der Waals surface area contributed by atoms with Crippen LogP contribution >= 0.6 is 0 Å². The molecule has 2 rings (SSSR count). The molecule has 1 aromatic heterocycles. The summed E-state index contributed by atoms with van der Waals surface area (Å²) in [6.07, 6.45) is 0. The maximum atomic E-state index is 11.7. The van der Waals surface area contributed by atoms with Crippen LogP contribution in [-0.4, -0.2) is 27.1 Å². The number of nitro groups is 1. The van der Waals surface area contributed by atoms with Gasteiger partial charge in [0.15, 0.2) is 5.69 Å². The summed E-state index contributed by atoms with van der Waals surface area (Å²) in [5.74, 6) is -2.50. The molecule has 1 amide bonds. The van der Waals surface area contributed by atoms with Gasteiger partial charge in [0, 0.05) is 24.2 Å². The zero-order valence-electron chi connectivity index (χ0n) is 10.5. The number of nitrogens with zero attached hydrogens (tertiary/aromatic N) is 2. The van der Waals surface area contributed by atoms with E-state index in [0.717, 1.165) is 6.07 Å².